The summed E-state index contributed by atoms with van der Waals surface area (Å²) in [4.78, 5) is 11.5. The fourth-order valence-electron chi connectivity index (χ4n) is 1.85. The quantitative estimate of drug-likeness (QED) is 0.789. The molecule has 0 aliphatic carbocycles. The van der Waals surface area contributed by atoms with Crippen LogP contribution < -0.4 is 0 Å². The summed E-state index contributed by atoms with van der Waals surface area (Å²) >= 11 is 0. The molecule has 0 fully saturated rings. The van der Waals surface area contributed by atoms with Crippen molar-refractivity contribution in [2.24, 2.45) is 0 Å². The van der Waals surface area contributed by atoms with E-state index in [4.69, 9.17) is 5.26 Å². The lowest BCUT2D eigenvalue weighted by Gasteiger charge is -2.05. The van der Waals surface area contributed by atoms with Crippen molar-refractivity contribution >= 4 is 5.78 Å². The maximum atomic E-state index is 13.7. The average molecular weight is 256 g/mol. The van der Waals surface area contributed by atoms with Crippen LogP contribution in [0.1, 0.15) is 34.8 Å². The number of hydrogen-bond donors (Lipinski definition) is 0. The standard InChI is InChI=1S/C15H13FN2O/c1-2-15(19)13-5-6-18(10-13)9-12-4-3-11(8-17)7-14(12)16/h3-7,10H,2,9H2,1H3. The van der Waals surface area contributed by atoms with Crippen molar-refractivity contribution in [3.63, 3.8) is 0 Å². The SMILES string of the molecule is CCC(=O)c1ccn(Cc2ccc(C#N)cc2F)c1. The van der Waals surface area contributed by atoms with Crippen molar-refractivity contribution in [3.05, 3.63) is 59.2 Å². The summed E-state index contributed by atoms with van der Waals surface area (Å²) < 4.78 is 15.5. The molecule has 0 N–H and O–H groups in total. The highest BCUT2D eigenvalue weighted by Gasteiger charge is 2.07. The zero-order valence-electron chi connectivity index (χ0n) is 10.6. The number of halogens is 1. The molecule has 0 saturated carbocycles. The Morgan fingerprint density at radius 1 is 1.42 bits per heavy atom. The summed E-state index contributed by atoms with van der Waals surface area (Å²) in [6, 6.07) is 8.02. The molecule has 19 heavy (non-hydrogen) atoms. The minimum Gasteiger partial charge on any atom is -0.349 e. The van der Waals surface area contributed by atoms with E-state index in [9.17, 15) is 9.18 Å². The van der Waals surface area contributed by atoms with Gasteiger partial charge in [0.05, 0.1) is 11.6 Å². The van der Waals surface area contributed by atoms with Gasteiger partial charge in [0.25, 0.3) is 0 Å². The van der Waals surface area contributed by atoms with Crippen LogP contribution in [0.25, 0.3) is 0 Å². The number of ketones is 1. The molecule has 2 rings (SSSR count). The summed E-state index contributed by atoms with van der Waals surface area (Å²) in [5, 5.41) is 8.67. The van der Waals surface area contributed by atoms with E-state index in [0.717, 1.165) is 0 Å². The lowest BCUT2D eigenvalue weighted by atomic mass is 10.1. The Morgan fingerprint density at radius 3 is 2.84 bits per heavy atom. The fourth-order valence-corrected chi connectivity index (χ4v) is 1.85. The van der Waals surface area contributed by atoms with Gasteiger partial charge in [0.2, 0.25) is 0 Å². The van der Waals surface area contributed by atoms with E-state index in [1.165, 1.54) is 6.07 Å². The van der Waals surface area contributed by atoms with E-state index >= 15 is 0 Å². The van der Waals surface area contributed by atoms with Gasteiger partial charge in [-0.1, -0.05) is 13.0 Å². The monoisotopic (exact) mass is 256 g/mol. The zero-order chi connectivity index (χ0) is 13.8. The predicted octanol–water partition coefficient (Wildman–Crippen LogP) is 3.14. The van der Waals surface area contributed by atoms with Crippen LogP contribution in [0.15, 0.2) is 36.7 Å². The third kappa shape index (κ3) is 2.89. The molecular formula is C15H13FN2O. The predicted molar refractivity (Wildman–Crippen MR) is 69.3 cm³/mol. The van der Waals surface area contributed by atoms with Crippen LogP contribution in [0.3, 0.4) is 0 Å². The van der Waals surface area contributed by atoms with Gasteiger partial charge >= 0.3 is 0 Å². The lowest BCUT2D eigenvalue weighted by molar-refractivity contribution is 0.0988. The van der Waals surface area contributed by atoms with Gasteiger partial charge < -0.3 is 4.57 Å². The van der Waals surface area contributed by atoms with Gasteiger partial charge in [0, 0.05) is 36.5 Å². The highest BCUT2D eigenvalue weighted by atomic mass is 19.1. The molecule has 0 bridgehead atoms. The van der Waals surface area contributed by atoms with E-state index < -0.39 is 5.82 Å². The van der Waals surface area contributed by atoms with Gasteiger partial charge in [-0.15, -0.1) is 0 Å². The highest BCUT2D eigenvalue weighted by molar-refractivity contribution is 5.95. The minimum absolute atomic E-state index is 0.0686. The summed E-state index contributed by atoms with van der Waals surface area (Å²) in [5.74, 6) is -0.338. The number of Topliss-reactive ketones (excluding diaryl/α,β-unsaturated/α-hetero) is 1. The number of aromatic nitrogens is 1. The number of nitrogens with zero attached hydrogens (tertiary/aromatic N) is 2. The Balaban J connectivity index is 2.20. The van der Waals surface area contributed by atoms with Gasteiger partial charge in [0.15, 0.2) is 5.78 Å². The van der Waals surface area contributed by atoms with Gasteiger partial charge in [-0.2, -0.15) is 5.26 Å². The Morgan fingerprint density at radius 2 is 2.21 bits per heavy atom. The van der Waals surface area contributed by atoms with Crippen molar-refractivity contribution < 1.29 is 9.18 Å². The third-order valence-electron chi connectivity index (χ3n) is 2.93. The number of hydrogen-bond acceptors (Lipinski definition) is 2. The van der Waals surface area contributed by atoms with Gasteiger partial charge in [0.1, 0.15) is 5.82 Å². The molecule has 0 unspecified atom stereocenters. The molecule has 1 heterocycles. The molecule has 4 heteroatoms. The highest BCUT2D eigenvalue weighted by Crippen LogP contribution is 2.13. The van der Waals surface area contributed by atoms with Crippen LogP contribution in [0.5, 0.6) is 0 Å². The van der Waals surface area contributed by atoms with Gasteiger partial charge in [-0.3, -0.25) is 4.79 Å². The molecule has 0 spiro atoms. The van der Waals surface area contributed by atoms with Crippen molar-refractivity contribution in [1.82, 2.24) is 4.57 Å². The average Bonchev–Trinajstić information content (AvgIpc) is 2.88. The van der Waals surface area contributed by atoms with Crippen LogP contribution in [-0.2, 0) is 6.54 Å². The largest absolute Gasteiger partial charge is 0.349 e. The number of rotatable bonds is 4. The molecule has 0 radical (unpaired) electrons. The summed E-state index contributed by atoms with van der Waals surface area (Å²) in [6.07, 6.45) is 3.92. The summed E-state index contributed by atoms with van der Waals surface area (Å²) in [5.41, 5.74) is 1.43. The van der Waals surface area contributed by atoms with Crippen LogP contribution in [-0.4, -0.2) is 10.4 Å². The second-order valence-electron chi connectivity index (χ2n) is 4.27. The van der Waals surface area contributed by atoms with Crippen LogP contribution in [0.2, 0.25) is 0 Å². The van der Waals surface area contributed by atoms with E-state index in [0.29, 0.717) is 29.7 Å². The smallest absolute Gasteiger partial charge is 0.164 e. The molecule has 0 atom stereocenters. The number of nitriles is 1. The molecule has 1 aromatic carbocycles. The van der Waals surface area contributed by atoms with Crippen molar-refractivity contribution in [2.45, 2.75) is 19.9 Å². The van der Waals surface area contributed by atoms with Crippen molar-refractivity contribution in [3.8, 4) is 6.07 Å². The first kappa shape index (κ1) is 13.0. The molecule has 3 nitrogen and oxygen atoms in total. The van der Waals surface area contributed by atoms with Crippen LogP contribution in [0.4, 0.5) is 4.39 Å². The van der Waals surface area contributed by atoms with Crippen LogP contribution in [0, 0.1) is 17.1 Å². The first-order chi connectivity index (χ1) is 9.13. The van der Waals surface area contributed by atoms with E-state index in [2.05, 4.69) is 0 Å². The topological polar surface area (TPSA) is 45.8 Å². The maximum absolute atomic E-state index is 13.7. The first-order valence-electron chi connectivity index (χ1n) is 6.01. The maximum Gasteiger partial charge on any atom is 0.164 e. The third-order valence-corrected chi connectivity index (χ3v) is 2.93. The molecule has 0 aliphatic rings. The summed E-state index contributed by atoms with van der Waals surface area (Å²) in [6.45, 7) is 2.15. The van der Waals surface area contributed by atoms with Crippen LogP contribution >= 0.6 is 0 Å². The van der Waals surface area contributed by atoms with E-state index in [1.807, 2.05) is 6.07 Å². The molecule has 2 aromatic rings. The Labute approximate surface area is 110 Å². The van der Waals surface area contributed by atoms with Crippen molar-refractivity contribution in [1.29, 1.82) is 5.26 Å². The molecular weight excluding hydrogens is 243 g/mol. The minimum atomic E-state index is -0.406. The second kappa shape index (κ2) is 5.49. The zero-order valence-corrected chi connectivity index (χ0v) is 10.6. The molecule has 0 saturated heterocycles. The molecule has 0 amide bonds. The summed E-state index contributed by atoms with van der Waals surface area (Å²) in [7, 11) is 0. The molecule has 1 aromatic heterocycles. The fraction of sp³-hybridized carbons (Fsp3) is 0.200. The first-order valence-corrected chi connectivity index (χ1v) is 6.01. The van der Waals surface area contributed by atoms with Crippen molar-refractivity contribution in [2.75, 3.05) is 0 Å². The Bertz CT molecular complexity index is 652. The van der Waals surface area contributed by atoms with E-state index in [-0.39, 0.29) is 5.78 Å². The van der Waals surface area contributed by atoms with Gasteiger partial charge in [-0.25, -0.2) is 4.39 Å². The number of carbonyl (C=O) groups excluding carboxylic acids is 1. The Kier molecular flexibility index (Phi) is 3.76. The molecule has 96 valence electrons. The van der Waals surface area contributed by atoms with Gasteiger partial charge in [-0.05, 0) is 18.2 Å². The Hall–Kier alpha value is -2.41. The second-order valence-corrected chi connectivity index (χ2v) is 4.27. The number of carbonyl (C=O) groups is 1. The van der Waals surface area contributed by atoms with E-state index in [1.54, 1.807) is 42.1 Å². The number of benzene rings is 1. The lowest BCUT2D eigenvalue weighted by Crippen LogP contribution is -2.00. The normalized spacial score (nSPS) is 10.2. The molecule has 0 aliphatic heterocycles.